The Kier molecular flexibility index (Phi) is 2.27. The Balaban J connectivity index is 2.27. The van der Waals surface area contributed by atoms with Crippen molar-refractivity contribution in [1.29, 1.82) is 5.26 Å². The van der Waals surface area contributed by atoms with E-state index in [4.69, 9.17) is 5.26 Å². The van der Waals surface area contributed by atoms with Crippen molar-refractivity contribution < 1.29 is 4.39 Å². The summed E-state index contributed by atoms with van der Waals surface area (Å²) < 4.78 is 14.7. The minimum absolute atomic E-state index is 0.500. The van der Waals surface area contributed by atoms with Gasteiger partial charge in [0.25, 0.3) is 0 Å². The zero-order valence-corrected chi connectivity index (χ0v) is 9.21. The molecule has 0 aliphatic rings. The third-order valence-corrected chi connectivity index (χ3v) is 2.64. The van der Waals surface area contributed by atoms with Gasteiger partial charge in [0, 0.05) is 11.8 Å². The Hall–Kier alpha value is -2.74. The van der Waals surface area contributed by atoms with Crippen LogP contribution >= 0.6 is 0 Å². The standard InChI is InChI=1S/C13H7FN4/c14-13-3-1-2-11(17-13)10-8-16-18-5-4-9(7-15)6-12(10)18/h1-6,8H. The maximum atomic E-state index is 13.1. The van der Waals surface area contributed by atoms with Crippen LogP contribution in [0.4, 0.5) is 4.39 Å². The van der Waals surface area contributed by atoms with Crippen LogP contribution in [-0.2, 0) is 0 Å². The van der Waals surface area contributed by atoms with Crippen LogP contribution in [0.1, 0.15) is 5.56 Å². The second kappa shape index (κ2) is 3.93. The topological polar surface area (TPSA) is 54.0 Å². The first kappa shape index (κ1) is 10.4. The Morgan fingerprint density at radius 3 is 2.94 bits per heavy atom. The molecule has 0 atom stereocenters. The van der Waals surface area contributed by atoms with Crippen molar-refractivity contribution in [2.75, 3.05) is 0 Å². The van der Waals surface area contributed by atoms with E-state index in [0.29, 0.717) is 16.8 Å². The normalized spacial score (nSPS) is 10.4. The molecule has 0 radical (unpaired) electrons. The predicted molar refractivity (Wildman–Crippen MR) is 63.1 cm³/mol. The largest absolute Gasteiger partial charge is 0.240 e. The average Bonchev–Trinajstić information content (AvgIpc) is 2.81. The molecule has 3 heterocycles. The molecule has 0 bridgehead atoms. The van der Waals surface area contributed by atoms with Crippen LogP contribution in [0.25, 0.3) is 16.8 Å². The highest BCUT2D eigenvalue weighted by molar-refractivity contribution is 5.78. The molecule has 0 aliphatic heterocycles. The number of pyridine rings is 2. The molecule has 3 aromatic rings. The highest BCUT2D eigenvalue weighted by Crippen LogP contribution is 2.23. The summed E-state index contributed by atoms with van der Waals surface area (Å²) in [7, 11) is 0. The number of rotatable bonds is 1. The number of nitrogens with zero attached hydrogens (tertiary/aromatic N) is 4. The number of halogens is 1. The van der Waals surface area contributed by atoms with Gasteiger partial charge in [-0.05, 0) is 24.3 Å². The molecule has 18 heavy (non-hydrogen) atoms. The first-order valence-electron chi connectivity index (χ1n) is 5.28. The third kappa shape index (κ3) is 1.60. The van der Waals surface area contributed by atoms with E-state index in [0.717, 1.165) is 5.52 Å². The molecule has 3 aromatic heterocycles. The average molecular weight is 238 g/mol. The van der Waals surface area contributed by atoms with Gasteiger partial charge in [-0.3, -0.25) is 0 Å². The van der Waals surface area contributed by atoms with Gasteiger partial charge in [0.2, 0.25) is 5.95 Å². The maximum Gasteiger partial charge on any atom is 0.213 e. The van der Waals surface area contributed by atoms with E-state index >= 15 is 0 Å². The summed E-state index contributed by atoms with van der Waals surface area (Å²) in [6, 6.07) is 10.0. The summed E-state index contributed by atoms with van der Waals surface area (Å²) in [5.41, 5.74) is 2.46. The Morgan fingerprint density at radius 2 is 2.17 bits per heavy atom. The molecule has 5 heteroatoms. The van der Waals surface area contributed by atoms with Crippen molar-refractivity contribution in [3.05, 3.63) is 54.2 Å². The number of hydrogen-bond donors (Lipinski definition) is 0. The number of aromatic nitrogens is 3. The Labute approximate surface area is 102 Å². The molecule has 0 aromatic carbocycles. The van der Waals surface area contributed by atoms with Crippen LogP contribution in [-0.4, -0.2) is 14.6 Å². The summed E-state index contributed by atoms with van der Waals surface area (Å²) in [4.78, 5) is 3.82. The molecule has 0 unspecified atom stereocenters. The van der Waals surface area contributed by atoms with Gasteiger partial charge in [-0.15, -0.1) is 0 Å². The lowest BCUT2D eigenvalue weighted by Crippen LogP contribution is -1.89. The quantitative estimate of drug-likeness (QED) is 0.612. The lowest BCUT2D eigenvalue weighted by atomic mass is 10.1. The van der Waals surface area contributed by atoms with Crippen LogP contribution < -0.4 is 0 Å². The second-order valence-corrected chi connectivity index (χ2v) is 3.76. The fraction of sp³-hybridized carbons (Fsp3) is 0. The van der Waals surface area contributed by atoms with Crippen LogP contribution in [0.5, 0.6) is 0 Å². The monoisotopic (exact) mass is 238 g/mol. The molecular formula is C13H7FN4. The van der Waals surface area contributed by atoms with Crippen molar-refractivity contribution in [3.63, 3.8) is 0 Å². The number of fused-ring (bicyclic) bond motifs is 1. The van der Waals surface area contributed by atoms with Gasteiger partial charge in [0.1, 0.15) is 0 Å². The van der Waals surface area contributed by atoms with Crippen LogP contribution in [0, 0.1) is 17.3 Å². The van der Waals surface area contributed by atoms with Crippen LogP contribution in [0.3, 0.4) is 0 Å². The van der Waals surface area contributed by atoms with E-state index in [9.17, 15) is 4.39 Å². The number of hydrogen-bond acceptors (Lipinski definition) is 3. The predicted octanol–water partition coefficient (Wildman–Crippen LogP) is 2.41. The molecular weight excluding hydrogens is 231 g/mol. The highest BCUT2D eigenvalue weighted by Gasteiger charge is 2.09. The molecule has 0 aliphatic carbocycles. The van der Waals surface area contributed by atoms with Crippen molar-refractivity contribution in [2.24, 2.45) is 0 Å². The van der Waals surface area contributed by atoms with Gasteiger partial charge in [-0.2, -0.15) is 14.8 Å². The summed E-state index contributed by atoms with van der Waals surface area (Å²) in [5, 5.41) is 13.0. The second-order valence-electron chi connectivity index (χ2n) is 3.76. The van der Waals surface area contributed by atoms with E-state index < -0.39 is 5.95 Å². The molecule has 0 amide bonds. The van der Waals surface area contributed by atoms with Gasteiger partial charge >= 0.3 is 0 Å². The first-order valence-corrected chi connectivity index (χ1v) is 5.28. The van der Waals surface area contributed by atoms with Crippen molar-refractivity contribution in [1.82, 2.24) is 14.6 Å². The Bertz CT molecular complexity index is 770. The fourth-order valence-corrected chi connectivity index (χ4v) is 1.81. The maximum absolute atomic E-state index is 13.1. The zero-order valence-electron chi connectivity index (χ0n) is 9.21. The summed E-state index contributed by atoms with van der Waals surface area (Å²) in [6.07, 6.45) is 3.30. The summed E-state index contributed by atoms with van der Waals surface area (Å²) >= 11 is 0. The fourth-order valence-electron chi connectivity index (χ4n) is 1.81. The van der Waals surface area contributed by atoms with Gasteiger partial charge in [-0.1, -0.05) is 6.07 Å². The van der Waals surface area contributed by atoms with E-state index in [1.165, 1.54) is 6.07 Å². The third-order valence-electron chi connectivity index (χ3n) is 2.64. The number of nitriles is 1. The van der Waals surface area contributed by atoms with Crippen LogP contribution in [0.15, 0.2) is 42.7 Å². The highest BCUT2D eigenvalue weighted by atomic mass is 19.1. The molecule has 0 saturated carbocycles. The SMILES string of the molecule is N#Cc1ccn2ncc(-c3cccc(F)n3)c2c1. The smallest absolute Gasteiger partial charge is 0.213 e. The van der Waals surface area contributed by atoms with Crippen molar-refractivity contribution in [2.45, 2.75) is 0 Å². The van der Waals surface area contributed by atoms with E-state index in [1.807, 2.05) is 0 Å². The lowest BCUT2D eigenvalue weighted by Gasteiger charge is -1.99. The zero-order chi connectivity index (χ0) is 12.5. The summed E-state index contributed by atoms with van der Waals surface area (Å²) in [6.45, 7) is 0. The molecule has 0 saturated heterocycles. The van der Waals surface area contributed by atoms with Gasteiger partial charge < -0.3 is 0 Å². The lowest BCUT2D eigenvalue weighted by molar-refractivity contribution is 0.585. The molecule has 4 nitrogen and oxygen atoms in total. The van der Waals surface area contributed by atoms with Crippen molar-refractivity contribution >= 4 is 5.52 Å². The minimum Gasteiger partial charge on any atom is -0.240 e. The molecule has 0 spiro atoms. The van der Waals surface area contributed by atoms with Crippen molar-refractivity contribution in [3.8, 4) is 17.3 Å². The van der Waals surface area contributed by atoms with E-state index in [2.05, 4.69) is 16.2 Å². The van der Waals surface area contributed by atoms with E-state index in [1.54, 1.807) is 41.2 Å². The van der Waals surface area contributed by atoms with E-state index in [-0.39, 0.29) is 0 Å². The van der Waals surface area contributed by atoms with Crippen LogP contribution in [0.2, 0.25) is 0 Å². The molecule has 0 N–H and O–H groups in total. The molecule has 86 valence electrons. The van der Waals surface area contributed by atoms with Gasteiger partial charge in [0.05, 0.1) is 29.0 Å². The van der Waals surface area contributed by atoms with Gasteiger partial charge in [-0.25, -0.2) is 9.50 Å². The Morgan fingerprint density at radius 1 is 1.28 bits per heavy atom. The minimum atomic E-state index is -0.539. The van der Waals surface area contributed by atoms with Gasteiger partial charge in [0.15, 0.2) is 0 Å². The molecule has 3 rings (SSSR count). The summed E-state index contributed by atoms with van der Waals surface area (Å²) in [5.74, 6) is -0.539. The molecule has 0 fully saturated rings. The first-order chi connectivity index (χ1) is 8.78.